The van der Waals surface area contributed by atoms with Crippen molar-refractivity contribution in [2.24, 2.45) is 0 Å². The van der Waals surface area contributed by atoms with Gasteiger partial charge in [0.25, 0.3) is 0 Å². The van der Waals surface area contributed by atoms with Crippen LogP contribution in [0.1, 0.15) is 18.6 Å². The molecule has 2 atom stereocenters. The van der Waals surface area contributed by atoms with E-state index in [1.165, 1.54) is 11.8 Å². The molecule has 112 valence electrons. The van der Waals surface area contributed by atoms with Crippen molar-refractivity contribution in [1.29, 1.82) is 0 Å². The van der Waals surface area contributed by atoms with Gasteiger partial charge in [0.05, 0.1) is 30.8 Å². The number of ether oxygens (including phenoxy) is 2. The van der Waals surface area contributed by atoms with Crippen LogP contribution in [0.3, 0.4) is 0 Å². The van der Waals surface area contributed by atoms with E-state index >= 15 is 0 Å². The van der Waals surface area contributed by atoms with Gasteiger partial charge in [0, 0.05) is 6.61 Å². The molecule has 2 unspecified atom stereocenters. The van der Waals surface area contributed by atoms with Crippen LogP contribution in [-0.4, -0.2) is 53.8 Å². The molecule has 0 radical (unpaired) electrons. The van der Waals surface area contributed by atoms with Crippen LogP contribution in [0.5, 0.6) is 0 Å². The molecule has 7 nitrogen and oxygen atoms in total. The van der Waals surface area contributed by atoms with Crippen molar-refractivity contribution in [2.75, 3.05) is 25.6 Å². The summed E-state index contributed by atoms with van der Waals surface area (Å²) in [7, 11) is 0. The minimum Gasteiger partial charge on any atom is -0.376 e. The molecular formula is C12H19N3O4S. The predicted octanol–water partition coefficient (Wildman–Crippen LogP) is 0.531. The Hall–Kier alpha value is -1.12. The van der Waals surface area contributed by atoms with E-state index in [1.54, 1.807) is 6.92 Å². The molecule has 8 heteroatoms. The smallest absolute Gasteiger partial charge is 0.236 e. The standard InChI is InChI=1S/C12H19N3O4S/c1-3-18-10-5-17-4-9(10)14-11(16)6-20-7-12-13-8(2)15-19-12/h9-10H,3-7H2,1-2H3,(H,14,16). The highest BCUT2D eigenvalue weighted by atomic mass is 32.2. The van der Waals surface area contributed by atoms with Crippen LogP contribution in [0.2, 0.25) is 0 Å². The third-order valence-electron chi connectivity index (χ3n) is 2.78. The largest absolute Gasteiger partial charge is 0.376 e. The van der Waals surface area contributed by atoms with Gasteiger partial charge >= 0.3 is 0 Å². The normalized spacial score (nSPS) is 22.1. The number of carbonyl (C=O) groups is 1. The van der Waals surface area contributed by atoms with Gasteiger partial charge in [-0.25, -0.2) is 0 Å². The Kier molecular flexibility index (Phi) is 5.81. The van der Waals surface area contributed by atoms with Crippen molar-refractivity contribution in [1.82, 2.24) is 15.5 Å². The third-order valence-corrected chi connectivity index (χ3v) is 3.70. The van der Waals surface area contributed by atoms with Gasteiger partial charge in [0.2, 0.25) is 11.8 Å². The summed E-state index contributed by atoms with van der Waals surface area (Å²) in [5, 5.41) is 6.62. The van der Waals surface area contributed by atoms with E-state index in [1.807, 2.05) is 6.92 Å². The van der Waals surface area contributed by atoms with E-state index in [2.05, 4.69) is 15.5 Å². The molecule has 0 spiro atoms. The van der Waals surface area contributed by atoms with Gasteiger partial charge in [0.15, 0.2) is 5.82 Å². The van der Waals surface area contributed by atoms with Gasteiger partial charge in [0.1, 0.15) is 6.10 Å². The summed E-state index contributed by atoms with van der Waals surface area (Å²) in [6.07, 6.45) is -0.0486. The van der Waals surface area contributed by atoms with E-state index in [9.17, 15) is 4.79 Å². The lowest BCUT2D eigenvalue weighted by molar-refractivity contribution is -0.120. The minimum absolute atomic E-state index is 0.0357. The minimum atomic E-state index is -0.0614. The van der Waals surface area contributed by atoms with E-state index in [-0.39, 0.29) is 18.1 Å². The van der Waals surface area contributed by atoms with Gasteiger partial charge in [-0.2, -0.15) is 4.98 Å². The summed E-state index contributed by atoms with van der Waals surface area (Å²) in [4.78, 5) is 15.9. The van der Waals surface area contributed by atoms with Crippen molar-refractivity contribution < 1.29 is 18.8 Å². The Bertz CT molecular complexity index is 440. The lowest BCUT2D eigenvalue weighted by Crippen LogP contribution is -2.44. The van der Waals surface area contributed by atoms with E-state index < -0.39 is 0 Å². The molecule has 1 aromatic heterocycles. The Morgan fingerprint density at radius 1 is 1.55 bits per heavy atom. The molecule has 0 saturated carbocycles. The molecule has 0 bridgehead atoms. The fourth-order valence-electron chi connectivity index (χ4n) is 1.93. The van der Waals surface area contributed by atoms with Crippen LogP contribution in [0.25, 0.3) is 0 Å². The second-order valence-corrected chi connectivity index (χ2v) is 5.42. The van der Waals surface area contributed by atoms with Crippen molar-refractivity contribution in [3.05, 3.63) is 11.7 Å². The molecule has 1 fully saturated rings. The quantitative estimate of drug-likeness (QED) is 0.786. The van der Waals surface area contributed by atoms with Crippen LogP contribution < -0.4 is 5.32 Å². The highest BCUT2D eigenvalue weighted by Crippen LogP contribution is 2.12. The van der Waals surface area contributed by atoms with Gasteiger partial charge in [-0.15, -0.1) is 11.8 Å². The average molecular weight is 301 g/mol. The zero-order valence-electron chi connectivity index (χ0n) is 11.6. The molecule has 0 aliphatic carbocycles. The molecule has 20 heavy (non-hydrogen) atoms. The van der Waals surface area contributed by atoms with E-state index in [0.29, 0.717) is 43.0 Å². The van der Waals surface area contributed by atoms with Crippen LogP contribution >= 0.6 is 11.8 Å². The number of hydrogen-bond acceptors (Lipinski definition) is 7. The van der Waals surface area contributed by atoms with Crippen LogP contribution in [-0.2, 0) is 20.0 Å². The zero-order chi connectivity index (χ0) is 14.4. The number of amides is 1. The highest BCUT2D eigenvalue weighted by Gasteiger charge is 2.29. The molecule has 1 amide bonds. The lowest BCUT2D eigenvalue weighted by atomic mass is 10.2. The van der Waals surface area contributed by atoms with Crippen molar-refractivity contribution >= 4 is 17.7 Å². The molecule has 1 N–H and O–H groups in total. The first-order chi connectivity index (χ1) is 9.69. The summed E-state index contributed by atoms with van der Waals surface area (Å²) in [5.74, 6) is 1.98. The number of thioether (sulfide) groups is 1. The number of carbonyl (C=O) groups excluding carboxylic acids is 1. The molecule has 2 rings (SSSR count). The maximum Gasteiger partial charge on any atom is 0.236 e. The fraction of sp³-hybridized carbons (Fsp3) is 0.750. The monoisotopic (exact) mass is 301 g/mol. The van der Waals surface area contributed by atoms with Crippen LogP contribution in [0, 0.1) is 6.92 Å². The average Bonchev–Trinajstić information content (AvgIpc) is 3.00. The number of rotatable bonds is 7. The van der Waals surface area contributed by atoms with Gasteiger partial charge < -0.3 is 19.3 Å². The van der Waals surface area contributed by atoms with Gasteiger partial charge in [-0.05, 0) is 13.8 Å². The van der Waals surface area contributed by atoms with Crippen LogP contribution in [0.15, 0.2) is 4.52 Å². The number of aryl methyl sites for hydroxylation is 1. The van der Waals surface area contributed by atoms with Crippen LogP contribution in [0.4, 0.5) is 0 Å². The highest BCUT2D eigenvalue weighted by molar-refractivity contribution is 7.99. The van der Waals surface area contributed by atoms with Crippen molar-refractivity contribution in [3.63, 3.8) is 0 Å². The Morgan fingerprint density at radius 2 is 2.40 bits per heavy atom. The second-order valence-electron chi connectivity index (χ2n) is 4.43. The lowest BCUT2D eigenvalue weighted by Gasteiger charge is -2.18. The maximum absolute atomic E-state index is 11.8. The third kappa shape index (κ3) is 4.46. The molecule has 1 aromatic rings. The first kappa shape index (κ1) is 15.3. The molecule has 1 aliphatic rings. The Morgan fingerprint density at radius 3 is 3.10 bits per heavy atom. The fourth-order valence-corrected chi connectivity index (χ4v) is 2.59. The van der Waals surface area contributed by atoms with Crippen molar-refractivity contribution in [3.8, 4) is 0 Å². The summed E-state index contributed by atoms with van der Waals surface area (Å²) in [6.45, 7) is 5.35. The summed E-state index contributed by atoms with van der Waals surface area (Å²) < 4.78 is 15.8. The zero-order valence-corrected chi connectivity index (χ0v) is 12.4. The molecule has 0 aromatic carbocycles. The number of nitrogens with one attached hydrogen (secondary N) is 1. The number of aromatic nitrogens is 2. The summed E-state index contributed by atoms with van der Waals surface area (Å²) in [6, 6.07) is -0.0614. The number of nitrogens with zero attached hydrogens (tertiary/aromatic N) is 2. The van der Waals surface area contributed by atoms with E-state index in [0.717, 1.165) is 0 Å². The molecule has 1 saturated heterocycles. The van der Waals surface area contributed by atoms with E-state index in [4.69, 9.17) is 14.0 Å². The number of hydrogen-bond donors (Lipinski definition) is 1. The first-order valence-corrected chi connectivity index (χ1v) is 7.70. The SMILES string of the molecule is CCOC1COCC1NC(=O)CSCc1nc(C)no1. The molecule has 2 heterocycles. The predicted molar refractivity (Wildman–Crippen MR) is 73.4 cm³/mol. The van der Waals surface area contributed by atoms with Gasteiger partial charge in [-0.3, -0.25) is 4.79 Å². The van der Waals surface area contributed by atoms with Gasteiger partial charge in [-0.1, -0.05) is 5.16 Å². The Labute approximate surface area is 121 Å². The Balaban J connectivity index is 1.67. The first-order valence-electron chi connectivity index (χ1n) is 6.54. The molecular weight excluding hydrogens is 282 g/mol. The summed E-state index contributed by atoms with van der Waals surface area (Å²) in [5.41, 5.74) is 0. The maximum atomic E-state index is 11.8. The second kappa shape index (κ2) is 7.61. The molecule has 1 aliphatic heterocycles. The topological polar surface area (TPSA) is 86.5 Å². The summed E-state index contributed by atoms with van der Waals surface area (Å²) >= 11 is 1.44. The van der Waals surface area contributed by atoms with Crippen molar-refractivity contribution in [2.45, 2.75) is 31.7 Å².